The van der Waals surface area contributed by atoms with E-state index in [-0.39, 0.29) is 16.6 Å². The van der Waals surface area contributed by atoms with E-state index in [2.05, 4.69) is 15.2 Å². The van der Waals surface area contributed by atoms with Crippen LogP contribution in [0.2, 0.25) is 0 Å². The van der Waals surface area contributed by atoms with E-state index < -0.39 is 0 Å². The van der Waals surface area contributed by atoms with Crippen LogP contribution in [0.1, 0.15) is 5.56 Å². The van der Waals surface area contributed by atoms with E-state index in [1.165, 1.54) is 12.3 Å². The lowest BCUT2D eigenvalue weighted by atomic mass is 10.1. The molecule has 148 valence electrons. The van der Waals surface area contributed by atoms with Crippen molar-refractivity contribution in [3.63, 3.8) is 0 Å². The largest absolute Gasteiger partial charge is 0.367 e. The van der Waals surface area contributed by atoms with Gasteiger partial charge in [-0.25, -0.2) is 4.79 Å². The van der Waals surface area contributed by atoms with Crippen LogP contribution in [0.5, 0.6) is 0 Å². The quantitative estimate of drug-likeness (QED) is 0.545. The minimum Gasteiger partial charge on any atom is -0.367 e. The number of carbonyl (C=O) groups excluding carboxylic acids is 1. The molecule has 0 bridgehead atoms. The Kier molecular flexibility index (Phi) is 5.24. The van der Waals surface area contributed by atoms with Gasteiger partial charge in [0.05, 0.1) is 10.3 Å². The number of nitro groups is 1. The van der Waals surface area contributed by atoms with Crippen LogP contribution in [-0.4, -0.2) is 47.0 Å². The van der Waals surface area contributed by atoms with E-state index in [0.29, 0.717) is 38.1 Å². The first kappa shape index (κ1) is 18.7. The van der Waals surface area contributed by atoms with Crippen molar-refractivity contribution in [2.75, 3.05) is 31.1 Å². The molecule has 0 aliphatic carbocycles. The summed E-state index contributed by atoms with van der Waals surface area (Å²) in [5.41, 5.74) is 2.04. The number of benzene rings is 2. The fourth-order valence-electron chi connectivity index (χ4n) is 3.63. The maximum absolute atomic E-state index is 12.5. The van der Waals surface area contributed by atoms with Crippen LogP contribution < -0.4 is 10.2 Å². The molecular weight excluding hydrogens is 370 g/mol. The third-order valence-corrected chi connectivity index (χ3v) is 5.16. The zero-order valence-corrected chi connectivity index (χ0v) is 15.8. The van der Waals surface area contributed by atoms with Crippen molar-refractivity contribution in [3.8, 4) is 0 Å². The zero-order chi connectivity index (χ0) is 20.2. The minimum atomic E-state index is -0.386. The number of anilines is 1. The number of fused-ring (bicyclic) bond motifs is 1. The lowest BCUT2D eigenvalue weighted by Crippen LogP contribution is -2.51. The highest BCUT2D eigenvalue weighted by Gasteiger charge is 2.24. The van der Waals surface area contributed by atoms with Gasteiger partial charge in [0.1, 0.15) is 0 Å². The Labute approximate surface area is 167 Å². The van der Waals surface area contributed by atoms with Crippen molar-refractivity contribution < 1.29 is 9.72 Å². The maximum atomic E-state index is 12.5. The highest BCUT2D eigenvalue weighted by atomic mass is 16.6. The van der Waals surface area contributed by atoms with Crippen LogP contribution in [-0.2, 0) is 6.54 Å². The van der Waals surface area contributed by atoms with Gasteiger partial charge in [0.15, 0.2) is 0 Å². The monoisotopic (exact) mass is 391 g/mol. The standard InChI is InChI=1S/C21H21N5O3/c27-21(23-14-16-4-2-1-3-5-16)25-12-10-24(11-13-25)19-6-7-20(26(28)29)18-15-22-9-8-17(18)19/h1-9,15H,10-14H2,(H,23,27). The van der Waals surface area contributed by atoms with E-state index in [1.54, 1.807) is 23.2 Å². The molecule has 1 N–H and O–H groups in total. The Morgan fingerprint density at radius 3 is 2.52 bits per heavy atom. The SMILES string of the molecule is O=C(NCc1ccccc1)N1CCN(c2ccc([N+](=O)[O-])c3cnccc23)CC1. The average molecular weight is 391 g/mol. The summed E-state index contributed by atoms with van der Waals surface area (Å²) in [6.45, 7) is 3.00. The van der Waals surface area contributed by atoms with Crippen LogP contribution in [0.15, 0.2) is 60.9 Å². The Hall–Kier alpha value is -3.68. The summed E-state index contributed by atoms with van der Waals surface area (Å²) in [6.07, 6.45) is 3.17. The molecule has 1 fully saturated rings. The van der Waals surface area contributed by atoms with E-state index in [1.807, 2.05) is 30.3 Å². The second-order valence-electron chi connectivity index (χ2n) is 6.90. The third kappa shape index (κ3) is 3.96. The predicted octanol–water partition coefficient (Wildman–Crippen LogP) is 3.17. The number of pyridine rings is 1. The number of urea groups is 1. The smallest absolute Gasteiger partial charge is 0.317 e. The molecule has 1 aliphatic rings. The van der Waals surface area contributed by atoms with Crippen molar-refractivity contribution in [2.45, 2.75) is 6.54 Å². The van der Waals surface area contributed by atoms with Crippen LogP contribution in [0.4, 0.5) is 16.2 Å². The summed E-state index contributed by atoms with van der Waals surface area (Å²) in [5.74, 6) is 0. The van der Waals surface area contributed by atoms with Gasteiger partial charge in [-0.05, 0) is 17.7 Å². The highest BCUT2D eigenvalue weighted by Crippen LogP contribution is 2.33. The molecule has 0 unspecified atom stereocenters. The molecule has 0 spiro atoms. The molecule has 2 heterocycles. The van der Waals surface area contributed by atoms with E-state index in [4.69, 9.17) is 0 Å². The topological polar surface area (TPSA) is 91.6 Å². The van der Waals surface area contributed by atoms with Crippen molar-refractivity contribution >= 4 is 28.2 Å². The van der Waals surface area contributed by atoms with Crippen LogP contribution >= 0.6 is 0 Å². The maximum Gasteiger partial charge on any atom is 0.317 e. The van der Waals surface area contributed by atoms with Gasteiger partial charge in [-0.15, -0.1) is 0 Å². The number of rotatable bonds is 4. The van der Waals surface area contributed by atoms with Gasteiger partial charge in [-0.1, -0.05) is 30.3 Å². The summed E-state index contributed by atoms with van der Waals surface area (Å²) >= 11 is 0. The molecular formula is C21H21N5O3. The average Bonchev–Trinajstić information content (AvgIpc) is 2.77. The molecule has 0 atom stereocenters. The predicted molar refractivity (Wildman–Crippen MR) is 111 cm³/mol. The number of carbonyl (C=O) groups is 1. The van der Waals surface area contributed by atoms with E-state index >= 15 is 0 Å². The van der Waals surface area contributed by atoms with Gasteiger partial charge in [-0.3, -0.25) is 15.1 Å². The molecule has 0 saturated carbocycles. The number of nitro benzene ring substituents is 1. The van der Waals surface area contributed by atoms with Gasteiger partial charge in [-0.2, -0.15) is 0 Å². The lowest BCUT2D eigenvalue weighted by molar-refractivity contribution is -0.383. The molecule has 1 aliphatic heterocycles. The first-order valence-corrected chi connectivity index (χ1v) is 9.46. The van der Waals surface area contributed by atoms with Crippen LogP contribution in [0.3, 0.4) is 0 Å². The van der Waals surface area contributed by atoms with Gasteiger partial charge in [0, 0.05) is 62.3 Å². The van der Waals surface area contributed by atoms with E-state index in [0.717, 1.165) is 16.6 Å². The second-order valence-corrected chi connectivity index (χ2v) is 6.90. The Morgan fingerprint density at radius 1 is 1.03 bits per heavy atom. The highest BCUT2D eigenvalue weighted by molar-refractivity contribution is 5.99. The van der Waals surface area contributed by atoms with Gasteiger partial charge < -0.3 is 15.1 Å². The normalized spacial score (nSPS) is 14.1. The number of hydrogen-bond acceptors (Lipinski definition) is 5. The number of nitrogens with zero attached hydrogens (tertiary/aromatic N) is 4. The molecule has 8 heteroatoms. The lowest BCUT2D eigenvalue weighted by Gasteiger charge is -2.36. The number of piperazine rings is 1. The second kappa shape index (κ2) is 8.14. The molecule has 4 rings (SSSR count). The molecule has 2 amide bonds. The summed E-state index contributed by atoms with van der Waals surface area (Å²) in [4.78, 5) is 31.4. The Bertz CT molecular complexity index is 1030. The van der Waals surface area contributed by atoms with Gasteiger partial charge >= 0.3 is 6.03 Å². The number of nitrogens with one attached hydrogen (secondary N) is 1. The minimum absolute atomic E-state index is 0.0516. The van der Waals surface area contributed by atoms with Crippen molar-refractivity contribution in [2.24, 2.45) is 0 Å². The number of amides is 2. The van der Waals surface area contributed by atoms with E-state index in [9.17, 15) is 14.9 Å². The Morgan fingerprint density at radius 2 is 1.79 bits per heavy atom. The molecule has 3 aromatic rings. The van der Waals surface area contributed by atoms with Crippen LogP contribution in [0.25, 0.3) is 10.8 Å². The molecule has 8 nitrogen and oxygen atoms in total. The molecule has 0 radical (unpaired) electrons. The summed E-state index contributed by atoms with van der Waals surface area (Å²) < 4.78 is 0. The molecule has 2 aromatic carbocycles. The van der Waals surface area contributed by atoms with Gasteiger partial charge in [0.2, 0.25) is 0 Å². The third-order valence-electron chi connectivity index (χ3n) is 5.16. The fourth-order valence-corrected chi connectivity index (χ4v) is 3.63. The number of hydrogen-bond donors (Lipinski definition) is 1. The first-order valence-electron chi connectivity index (χ1n) is 9.46. The Balaban J connectivity index is 1.43. The number of aromatic nitrogens is 1. The molecule has 29 heavy (non-hydrogen) atoms. The molecule has 1 aromatic heterocycles. The summed E-state index contributed by atoms with van der Waals surface area (Å²) in [5, 5.41) is 15.6. The number of non-ortho nitro benzene ring substituents is 1. The van der Waals surface area contributed by atoms with Crippen molar-refractivity contribution in [1.82, 2.24) is 15.2 Å². The first-order chi connectivity index (χ1) is 14.1. The fraction of sp³-hybridized carbons (Fsp3) is 0.238. The van der Waals surface area contributed by atoms with Crippen molar-refractivity contribution in [1.29, 1.82) is 0 Å². The van der Waals surface area contributed by atoms with Crippen molar-refractivity contribution in [3.05, 3.63) is 76.6 Å². The summed E-state index contributed by atoms with van der Waals surface area (Å²) in [7, 11) is 0. The van der Waals surface area contributed by atoms with Crippen LogP contribution in [0, 0.1) is 10.1 Å². The van der Waals surface area contributed by atoms with Gasteiger partial charge in [0.25, 0.3) is 5.69 Å². The summed E-state index contributed by atoms with van der Waals surface area (Å²) in [6, 6.07) is 14.8. The molecule has 1 saturated heterocycles. The zero-order valence-electron chi connectivity index (χ0n) is 15.8.